The third-order valence-electron chi connectivity index (χ3n) is 5.93. The molecule has 3 aliphatic rings. The molecule has 3 heterocycles. The third-order valence-corrected chi connectivity index (χ3v) is 6.81. The van der Waals surface area contributed by atoms with Crippen molar-refractivity contribution >= 4 is 23.2 Å². The number of likely N-dealkylation sites (tertiary alicyclic amines) is 1. The lowest BCUT2D eigenvalue weighted by Gasteiger charge is -2.38. The molecule has 2 saturated heterocycles. The van der Waals surface area contributed by atoms with Crippen molar-refractivity contribution in [1.82, 2.24) is 10.2 Å². The standard InChI is InChI=1S/C18H26N2O2S.C2HF3O2/c21-18(19-11-14-5-2-10-23-14)17-7-6-15-16(22-17)8-9-20(15)12-13-3-1-4-13;3-2(4,5)1(6)7/h2,5,10,13,15-17H,1,3-4,6-9,11-12H2,(H,19,21);(H,6,7)/t15-,16-,17+;/m1./s1. The van der Waals surface area contributed by atoms with Crippen molar-refractivity contribution in [3.63, 3.8) is 0 Å². The zero-order valence-corrected chi connectivity index (χ0v) is 17.4. The summed E-state index contributed by atoms with van der Waals surface area (Å²) in [5, 5.41) is 12.2. The molecular formula is C20H27F3N2O4S. The topological polar surface area (TPSA) is 78.9 Å². The number of hydrogen-bond acceptors (Lipinski definition) is 5. The largest absolute Gasteiger partial charge is 0.490 e. The van der Waals surface area contributed by atoms with Crippen LogP contribution in [0.15, 0.2) is 17.5 Å². The molecule has 2 N–H and O–H groups in total. The van der Waals surface area contributed by atoms with E-state index in [9.17, 15) is 18.0 Å². The van der Waals surface area contributed by atoms with Gasteiger partial charge in [-0.05, 0) is 49.5 Å². The van der Waals surface area contributed by atoms with Gasteiger partial charge in [-0.25, -0.2) is 4.79 Å². The fourth-order valence-corrected chi connectivity index (χ4v) is 4.79. The van der Waals surface area contributed by atoms with Gasteiger partial charge in [0.15, 0.2) is 0 Å². The first-order valence-corrected chi connectivity index (χ1v) is 11.1. The second kappa shape index (κ2) is 10.1. The van der Waals surface area contributed by atoms with Crippen LogP contribution in [0, 0.1) is 5.92 Å². The Kier molecular flexibility index (Phi) is 7.75. The molecule has 3 fully saturated rings. The lowest BCUT2D eigenvalue weighted by atomic mass is 9.85. The summed E-state index contributed by atoms with van der Waals surface area (Å²) in [5.74, 6) is -1.78. The van der Waals surface area contributed by atoms with Crippen LogP contribution in [-0.4, -0.2) is 59.4 Å². The Morgan fingerprint density at radius 3 is 2.53 bits per heavy atom. The molecule has 168 valence electrons. The quantitative estimate of drug-likeness (QED) is 0.722. The molecule has 0 aromatic carbocycles. The summed E-state index contributed by atoms with van der Waals surface area (Å²) >= 11 is 1.68. The summed E-state index contributed by atoms with van der Waals surface area (Å²) in [6, 6.07) is 4.62. The molecule has 0 radical (unpaired) electrons. The molecule has 1 amide bonds. The zero-order valence-electron chi connectivity index (χ0n) is 16.6. The summed E-state index contributed by atoms with van der Waals surface area (Å²) < 4.78 is 37.9. The number of carboxylic acids is 1. The van der Waals surface area contributed by atoms with Crippen LogP contribution in [0.5, 0.6) is 0 Å². The van der Waals surface area contributed by atoms with Gasteiger partial charge in [0, 0.05) is 24.0 Å². The number of carbonyl (C=O) groups excluding carboxylic acids is 1. The average Bonchev–Trinajstić information content (AvgIpc) is 3.32. The molecule has 2 aliphatic heterocycles. The van der Waals surface area contributed by atoms with Gasteiger partial charge in [0.25, 0.3) is 0 Å². The Morgan fingerprint density at radius 2 is 1.97 bits per heavy atom. The number of halogens is 3. The lowest BCUT2D eigenvalue weighted by molar-refractivity contribution is -0.192. The van der Waals surface area contributed by atoms with E-state index in [2.05, 4.69) is 16.3 Å². The number of rotatable bonds is 5. The number of fused-ring (bicyclic) bond motifs is 1. The number of hydrogen-bond donors (Lipinski definition) is 2. The summed E-state index contributed by atoms with van der Waals surface area (Å²) in [6.07, 6.45) is 2.21. The number of amides is 1. The van der Waals surface area contributed by atoms with E-state index in [1.807, 2.05) is 11.4 Å². The van der Waals surface area contributed by atoms with E-state index in [0.717, 1.165) is 31.7 Å². The van der Waals surface area contributed by atoms with E-state index in [0.29, 0.717) is 12.6 Å². The van der Waals surface area contributed by atoms with Crippen LogP contribution in [0.2, 0.25) is 0 Å². The van der Waals surface area contributed by atoms with E-state index >= 15 is 0 Å². The number of nitrogens with one attached hydrogen (secondary N) is 1. The predicted octanol–water partition coefficient (Wildman–Crippen LogP) is 3.42. The van der Waals surface area contributed by atoms with E-state index in [1.54, 1.807) is 11.3 Å². The smallest absolute Gasteiger partial charge is 0.475 e. The maximum absolute atomic E-state index is 12.4. The fraction of sp³-hybridized carbons (Fsp3) is 0.700. The average molecular weight is 449 g/mol. The van der Waals surface area contributed by atoms with Crippen molar-refractivity contribution in [2.24, 2.45) is 5.92 Å². The van der Waals surface area contributed by atoms with E-state index < -0.39 is 12.1 Å². The Hall–Kier alpha value is -1.65. The highest BCUT2D eigenvalue weighted by Gasteiger charge is 2.42. The van der Waals surface area contributed by atoms with Gasteiger partial charge in [0.2, 0.25) is 5.91 Å². The Morgan fingerprint density at radius 1 is 1.23 bits per heavy atom. The first kappa shape index (κ1) is 23.0. The number of nitrogens with zero attached hydrogens (tertiary/aromatic N) is 1. The molecule has 3 atom stereocenters. The number of carboxylic acid groups (broad SMARTS) is 1. The fourth-order valence-electron chi connectivity index (χ4n) is 4.14. The van der Waals surface area contributed by atoms with Gasteiger partial charge in [0.1, 0.15) is 6.10 Å². The van der Waals surface area contributed by atoms with Gasteiger partial charge >= 0.3 is 12.1 Å². The van der Waals surface area contributed by atoms with Gasteiger partial charge in [-0.1, -0.05) is 12.5 Å². The molecule has 1 aliphatic carbocycles. The van der Waals surface area contributed by atoms with Crippen molar-refractivity contribution in [2.75, 3.05) is 13.1 Å². The first-order valence-electron chi connectivity index (χ1n) is 10.2. The molecule has 6 nitrogen and oxygen atoms in total. The van der Waals surface area contributed by atoms with Crippen LogP contribution in [0.1, 0.15) is 43.4 Å². The van der Waals surface area contributed by atoms with Crippen molar-refractivity contribution in [2.45, 2.75) is 69.5 Å². The first-order chi connectivity index (χ1) is 14.2. The van der Waals surface area contributed by atoms with Crippen LogP contribution in [0.4, 0.5) is 13.2 Å². The van der Waals surface area contributed by atoms with Crippen molar-refractivity contribution in [1.29, 1.82) is 0 Å². The summed E-state index contributed by atoms with van der Waals surface area (Å²) in [6.45, 7) is 3.02. The molecule has 0 bridgehead atoms. The monoisotopic (exact) mass is 448 g/mol. The van der Waals surface area contributed by atoms with Crippen molar-refractivity contribution < 1.29 is 32.6 Å². The van der Waals surface area contributed by atoms with Crippen LogP contribution < -0.4 is 5.32 Å². The normalized spacial score (nSPS) is 26.8. The van der Waals surface area contributed by atoms with E-state index in [4.69, 9.17) is 14.6 Å². The Bertz CT molecular complexity index is 709. The number of alkyl halides is 3. The highest BCUT2D eigenvalue weighted by atomic mass is 32.1. The maximum atomic E-state index is 12.4. The predicted molar refractivity (Wildman–Crippen MR) is 105 cm³/mol. The number of ether oxygens (including phenoxy) is 1. The Balaban J connectivity index is 0.000000318. The van der Waals surface area contributed by atoms with Crippen LogP contribution in [-0.2, 0) is 20.9 Å². The minimum atomic E-state index is -5.08. The van der Waals surface area contributed by atoms with Gasteiger partial charge in [-0.2, -0.15) is 13.2 Å². The van der Waals surface area contributed by atoms with Crippen molar-refractivity contribution in [3.8, 4) is 0 Å². The number of aliphatic carboxylic acids is 1. The highest BCUT2D eigenvalue weighted by Crippen LogP contribution is 2.35. The third kappa shape index (κ3) is 6.18. The number of carbonyl (C=O) groups is 2. The van der Waals surface area contributed by atoms with Crippen LogP contribution in [0.3, 0.4) is 0 Å². The van der Waals surface area contributed by atoms with Crippen LogP contribution in [0.25, 0.3) is 0 Å². The molecular weight excluding hydrogens is 421 g/mol. The highest BCUT2D eigenvalue weighted by molar-refractivity contribution is 7.09. The molecule has 0 spiro atoms. The molecule has 0 unspecified atom stereocenters. The van der Waals surface area contributed by atoms with Gasteiger partial charge in [-0.3, -0.25) is 9.69 Å². The van der Waals surface area contributed by atoms with E-state index in [-0.39, 0.29) is 18.1 Å². The molecule has 4 rings (SSSR count). The SMILES string of the molecule is O=C(NCc1cccs1)[C@@H]1CC[C@@H]2[C@@H](CCN2CC2CCC2)O1.O=C(O)C(F)(F)F. The lowest BCUT2D eigenvalue weighted by Crippen LogP contribution is -2.48. The van der Waals surface area contributed by atoms with Gasteiger partial charge < -0.3 is 15.2 Å². The molecule has 1 aromatic rings. The van der Waals surface area contributed by atoms with Gasteiger partial charge in [0.05, 0.1) is 12.6 Å². The summed E-state index contributed by atoms with van der Waals surface area (Å²) in [5.41, 5.74) is 0. The van der Waals surface area contributed by atoms with Crippen LogP contribution >= 0.6 is 11.3 Å². The number of thiophene rings is 1. The molecule has 1 saturated carbocycles. The molecule has 30 heavy (non-hydrogen) atoms. The van der Waals surface area contributed by atoms with E-state index in [1.165, 1.54) is 30.7 Å². The zero-order chi connectivity index (χ0) is 21.7. The van der Waals surface area contributed by atoms with Crippen molar-refractivity contribution in [3.05, 3.63) is 22.4 Å². The minimum Gasteiger partial charge on any atom is -0.475 e. The molecule has 1 aromatic heterocycles. The van der Waals surface area contributed by atoms with Gasteiger partial charge in [-0.15, -0.1) is 11.3 Å². The summed E-state index contributed by atoms with van der Waals surface area (Å²) in [4.78, 5) is 25.1. The Labute approximate surface area is 177 Å². The minimum absolute atomic E-state index is 0.0642. The maximum Gasteiger partial charge on any atom is 0.490 e. The second-order valence-corrected chi connectivity index (χ2v) is 9.02. The summed E-state index contributed by atoms with van der Waals surface area (Å²) in [7, 11) is 0. The molecule has 10 heteroatoms. The second-order valence-electron chi connectivity index (χ2n) is 7.99.